The van der Waals surface area contributed by atoms with Gasteiger partial charge >= 0.3 is 52.1 Å². The molecule has 0 aromatic carbocycles. The summed E-state index contributed by atoms with van der Waals surface area (Å²) >= 11 is -2.59. The van der Waals surface area contributed by atoms with E-state index in [0.29, 0.717) is 0 Å². The van der Waals surface area contributed by atoms with Crippen molar-refractivity contribution >= 4 is 18.4 Å². The van der Waals surface area contributed by atoms with E-state index >= 15 is 0 Å². The Morgan fingerprint density at radius 3 is 1.75 bits per heavy atom. The average Bonchev–Trinajstić information content (AvgIpc) is 1.62. The van der Waals surface area contributed by atoms with Crippen molar-refractivity contribution in [3.8, 4) is 0 Å². The molecule has 0 unspecified atom stereocenters. The SMILES string of the molecule is [CH3][Sn]([CH3])([CH3])/[C](F)=C/F. The molecule has 0 amide bonds. The van der Waals surface area contributed by atoms with E-state index in [9.17, 15) is 8.78 Å². The summed E-state index contributed by atoms with van der Waals surface area (Å²) in [7, 11) is 0. The maximum absolute atomic E-state index is 12.2. The van der Waals surface area contributed by atoms with Crippen LogP contribution in [0.1, 0.15) is 0 Å². The summed E-state index contributed by atoms with van der Waals surface area (Å²) in [6.07, 6.45) is 0.0933. The summed E-state index contributed by atoms with van der Waals surface area (Å²) in [5.41, 5.74) is 0. The second kappa shape index (κ2) is 2.80. The van der Waals surface area contributed by atoms with Gasteiger partial charge in [-0.25, -0.2) is 0 Å². The van der Waals surface area contributed by atoms with Gasteiger partial charge in [0.05, 0.1) is 0 Å². The van der Waals surface area contributed by atoms with Crippen molar-refractivity contribution in [3.05, 3.63) is 10.2 Å². The third-order valence-electron chi connectivity index (χ3n) is 0.812. The first-order valence-corrected chi connectivity index (χ1v) is 12.4. The molecule has 0 aliphatic heterocycles. The maximum atomic E-state index is 12.2. The molecule has 0 bridgehead atoms. The van der Waals surface area contributed by atoms with Gasteiger partial charge in [-0.1, -0.05) is 0 Å². The Kier molecular flexibility index (Phi) is 2.94. The molecule has 0 aromatic heterocycles. The molecule has 0 rings (SSSR count). The number of hydrogen-bond acceptors (Lipinski definition) is 0. The standard InChI is InChI=1S/C2HF2.3CH3.Sn/c3-1-2-4;;;;/h1H;3*1H3;. The normalized spacial score (nSPS) is 14.4. The Morgan fingerprint density at radius 1 is 1.38 bits per heavy atom. The van der Waals surface area contributed by atoms with Crippen LogP contribution in [0.15, 0.2) is 10.2 Å². The molecule has 0 N–H and O–H groups in total. The van der Waals surface area contributed by atoms with Crippen LogP contribution in [0.5, 0.6) is 0 Å². The van der Waals surface area contributed by atoms with E-state index in [0.717, 1.165) is 0 Å². The van der Waals surface area contributed by atoms with Crippen molar-refractivity contribution in [1.82, 2.24) is 0 Å². The second-order valence-electron chi connectivity index (χ2n) is 2.71. The fraction of sp³-hybridized carbons (Fsp3) is 0.600. The zero-order valence-electron chi connectivity index (χ0n) is 5.33. The van der Waals surface area contributed by atoms with Crippen molar-refractivity contribution in [2.75, 3.05) is 0 Å². The number of rotatable bonds is 1. The monoisotopic (exact) mass is 228 g/mol. The van der Waals surface area contributed by atoms with Crippen LogP contribution in [0.4, 0.5) is 8.78 Å². The molecule has 0 spiro atoms. The molecule has 8 heavy (non-hydrogen) atoms. The van der Waals surface area contributed by atoms with E-state index in [1.54, 1.807) is 0 Å². The van der Waals surface area contributed by atoms with Gasteiger partial charge in [-0.2, -0.15) is 0 Å². The third-order valence-corrected chi connectivity index (χ3v) is 5.21. The average molecular weight is 227 g/mol. The predicted molar refractivity (Wildman–Crippen MR) is 33.6 cm³/mol. The van der Waals surface area contributed by atoms with Gasteiger partial charge in [-0.05, 0) is 0 Å². The zero-order valence-corrected chi connectivity index (χ0v) is 8.19. The van der Waals surface area contributed by atoms with Crippen molar-refractivity contribution in [2.24, 2.45) is 0 Å². The first kappa shape index (κ1) is 8.40. The van der Waals surface area contributed by atoms with Gasteiger partial charge in [0.15, 0.2) is 0 Å². The van der Waals surface area contributed by atoms with Gasteiger partial charge in [0.25, 0.3) is 0 Å². The van der Waals surface area contributed by atoms with Crippen LogP contribution < -0.4 is 0 Å². The van der Waals surface area contributed by atoms with E-state index in [1.807, 2.05) is 14.8 Å². The third kappa shape index (κ3) is 2.64. The summed E-state index contributed by atoms with van der Waals surface area (Å²) in [5.74, 6) is 0. The van der Waals surface area contributed by atoms with E-state index in [1.165, 1.54) is 0 Å². The van der Waals surface area contributed by atoms with Crippen LogP contribution in [-0.4, -0.2) is 18.4 Å². The molecule has 0 radical (unpaired) electrons. The molecule has 0 atom stereocenters. The first-order chi connectivity index (χ1) is 3.48. The molecule has 0 aliphatic carbocycles. The Hall–Kier alpha value is 0.399. The van der Waals surface area contributed by atoms with Crippen LogP contribution in [-0.2, 0) is 0 Å². The van der Waals surface area contributed by atoms with Crippen molar-refractivity contribution in [1.29, 1.82) is 0 Å². The zero-order chi connectivity index (χ0) is 6.78. The number of hydrogen-bond donors (Lipinski definition) is 0. The molecule has 0 aromatic rings. The molecule has 3 heteroatoms. The van der Waals surface area contributed by atoms with Gasteiger partial charge in [-0.3, -0.25) is 0 Å². The molecule has 0 nitrogen and oxygen atoms in total. The second-order valence-corrected chi connectivity index (χ2v) is 16.9. The summed E-state index contributed by atoms with van der Waals surface area (Å²) in [4.78, 5) is 5.46. The molecule has 0 aliphatic rings. The van der Waals surface area contributed by atoms with E-state index < -0.39 is 22.2 Å². The topological polar surface area (TPSA) is 0 Å². The molecule has 0 fully saturated rings. The van der Waals surface area contributed by atoms with Crippen molar-refractivity contribution in [3.63, 3.8) is 0 Å². The summed E-state index contributed by atoms with van der Waals surface area (Å²) in [5, 5.41) is 0. The van der Waals surface area contributed by atoms with Crippen LogP contribution in [0.3, 0.4) is 0 Å². The fourth-order valence-electron chi connectivity index (χ4n) is 0.164. The van der Waals surface area contributed by atoms with E-state index in [4.69, 9.17) is 0 Å². The summed E-state index contributed by atoms with van der Waals surface area (Å²) in [6, 6.07) is 0. The predicted octanol–water partition coefficient (Wildman–Crippen LogP) is 2.64. The molecular weight excluding hydrogens is 217 g/mol. The van der Waals surface area contributed by atoms with Crippen molar-refractivity contribution in [2.45, 2.75) is 14.8 Å². The number of halogens is 2. The van der Waals surface area contributed by atoms with Crippen LogP contribution in [0.25, 0.3) is 0 Å². The van der Waals surface area contributed by atoms with Gasteiger partial charge in [0.1, 0.15) is 0 Å². The molecule has 0 saturated heterocycles. The van der Waals surface area contributed by atoms with Crippen molar-refractivity contribution < 1.29 is 8.78 Å². The van der Waals surface area contributed by atoms with Gasteiger partial charge in [-0.15, -0.1) is 0 Å². The summed E-state index contributed by atoms with van der Waals surface area (Å²) in [6.45, 7) is 0. The van der Waals surface area contributed by atoms with Gasteiger partial charge in [0, 0.05) is 0 Å². The Balaban J connectivity index is 4.03. The minimum absolute atomic E-state index is 0.0933. The first-order valence-electron chi connectivity index (χ1n) is 2.45. The minimum atomic E-state index is -2.59. The quantitative estimate of drug-likeness (QED) is 0.604. The molecule has 0 saturated carbocycles. The van der Waals surface area contributed by atoms with Crippen LogP contribution in [0.2, 0.25) is 14.8 Å². The van der Waals surface area contributed by atoms with Gasteiger partial charge in [0.2, 0.25) is 0 Å². The van der Waals surface area contributed by atoms with E-state index in [2.05, 4.69) is 0 Å². The fourth-order valence-corrected chi connectivity index (χ4v) is 1.10. The summed E-state index contributed by atoms with van der Waals surface area (Å²) < 4.78 is 23.1. The Morgan fingerprint density at radius 2 is 1.75 bits per heavy atom. The molecule has 48 valence electrons. The van der Waals surface area contributed by atoms with Crippen LogP contribution >= 0.6 is 0 Å². The molecule has 0 heterocycles. The van der Waals surface area contributed by atoms with E-state index in [-0.39, 0.29) is 6.33 Å². The van der Waals surface area contributed by atoms with Crippen LogP contribution in [0, 0.1) is 0 Å². The molecular formula is C5H10F2Sn. The Labute approximate surface area is 52.5 Å². The van der Waals surface area contributed by atoms with Gasteiger partial charge < -0.3 is 0 Å². The Bertz CT molecular complexity index is 101.